The van der Waals surface area contributed by atoms with Gasteiger partial charge in [0.05, 0.1) is 17.2 Å². The standard InChI is InChI=1S/C12H13BrN2O3/c1-3-18-12(17)10-6-15-5-8(7(2)16)4-9(13)11(15)14-10/h4-7,16H,3H2,1-2H3. The summed E-state index contributed by atoms with van der Waals surface area (Å²) in [6.07, 6.45) is 2.74. The number of ether oxygens (including phenoxy) is 1. The van der Waals surface area contributed by atoms with E-state index in [1.807, 2.05) is 0 Å². The van der Waals surface area contributed by atoms with E-state index < -0.39 is 12.1 Å². The predicted molar refractivity (Wildman–Crippen MR) is 69.5 cm³/mol. The number of fused-ring (bicyclic) bond motifs is 1. The topological polar surface area (TPSA) is 63.8 Å². The Morgan fingerprint density at radius 3 is 2.94 bits per heavy atom. The Labute approximate surface area is 113 Å². The van der Waals surface area contributed by atoms with Crippen molar-refractivity contribution in [3.63, 3.8) is 0 Å². The summed E-state index contributed by atoms with van der Waals surface area (Å²) in [5.74, 6) is -0.452. The molecule has 0 aromatic carbocycles. The van der Waals surface area contributed by atoms with Gasteiger partial charge in [-0.05, 0) is 41.4 Å². The lowest BCUT2D eigenvalue weighted by atomic mass is 10.2. The molecule has 0 aliphatic heterocycles. The summed E-state index contributed by atoms with van der Waals surface area (Å²) in [5, 5.41) is 9.56. The van der Waals surface area contributed by atoms with Crippen LogP contribution in [-0.4, -0.2) is 27.1 Å². The second-order valence-electron chi connectivity index (χ2n) is 3.87. The third kappa shape index (κ3) is 2.39. The SMILES string of the molecule is CCOC(=O)c1cn2cc(C(C)O)cc(Br)c2n1. The minimum Gasteiger partial charge on any atom is -0.461 e. The first-order valence-electron chi connectivity index (χ1n) is 5.56. The van der Waals surface area contributed by atoms with Crippen LogP contribution in [-0.2, 0) is 4.74 Å². The molecule has 0 saturated heterocycles. The summed E-state index contributed by atoms with van der Waals surface area (Å²) in [4.78, 5) is 15.8. The number of esters is 1. The van der Waals surface area contributed by atoms with Gasteiger partial charge in [-0.2, -0.15) is 0 Å². The molecular formula is C12H13BrN2O3. The lowest BCUT2D eigenvalue weighted by Gasteiger charge is -2.06. The van der Waals surface area contributed by atoms with Gasteiger partial charge in [0, 0.05) is 12.4 Å². The first kappa shape index (κ1) is 13.0. The van der Waals surface area contributed by atoms with Gasteiger partial charge in [-0.15, -0.1) is 0 Å². The number of aliphatic hydroxyl groups is 1. The Morgan fingerprint density at radius 2 is 2.33 bits per heavy atom. The van der Waals surface area contributed by atoms with E-state index in [9.17, 15) is 9.90 Å². The molecule has 2 heterocycles. The summed E-state index contributed by atoms with van der Waals surface area (Å²) in [7, 11) is 0. The van der Waals surface area contributed by atoms with Crippen molar-refractivity contribution in [2.45, 2.75) is 20.0 Å². The van der Waals surface area contributed by atoms with Crippen molar-refractivity contribution >= 4 is 27.5 Å². The van der Waals surface area contributed by atoms with Gasteiger partial charge in [0.15, 0.2) is 11.3 Å². The minimum atomic E-state index is -0.584. The Hall–Kier alpha value is -1.40. The largest absolute Gasteiger partial charge is 0.461 e. The molecule has 0 fully saturated rings. The van der Waals surface area contributed by atoms with E-state index in [-0.39, 0.29) is 5.69 Å². The van der Waals surface area contributed by atoms with E-state index in [0.717, 1.165) is 10.0 Å². The number of aromatic nitrogens is 2. The average molecular weight is 313 g/mol. The van der Waals surface area contributed by atoms with Crippen molar-refractivity contribution in [1.82, 2.24) is 9.38 Å². The van der Waals surface area contributed by atoms with Gasteiger partial charge in [0.25, 0.3) is 0 Å². The third-order valence-corrected chi connectivity index (χ3v) is 3.08. The first-order chi connectivity index (χ1) is 8.52. The molecule has 1 N–H and O–H groups in total. The fraction of sp³-hybridized carbons (Fsp3) is 0.333. The van der Waals surface area contributed by atoms with Crippen LogP contribution in [0.5, 0.6) is 0 Å². The summed E-state index contributed by atoms with van der Waals surface area (Å²) in [5.41, 5.74) is 1.60. The average Bonchev–Trinajstić information content (AvgIpc) is 2.73. The Morgan fingerprint density at radius 1 is 1.61 bits per heavy atom. The number of halogens is 1. The predicted octanol–water partition coefficient (Wildman–Crippen LogP) is 2.33. The van der Waals surface area contributed by atoms with Crippen LogP contribution in [0.25, 0.3) is 5.65 Å². The smallest absolute Gasteiger partial charge is 0.358 e. The van der Waals surface area contributed by atoms with Crippen molar-refractivity contribution in [2.75, 3.05) is 6.61 Å². The summed E-state index contributed by atoms with van der Waals surface area (Å²) >= 11 is 3.37. The van der Waals surface area contributed by atoms with Gasteiger partial charge in [-0.25, -0.2) is 9.78 Å². The molecule has 18 heavy (non-hydrogen) atoms. The van der Waals surface area contributed by atoms with Gasteiger partial charge in [-0.3, -0.25) is 0 Å². The molecule has 0 amide bonds. The number of hydrogen-bond donors (Lipinski definition) is 1. The number of pyridine rings is 1. The van der Waals surface area contributed by atoms with E-state index in [4.69, 9.17) is 4.74 Å². The first-order valence-corrected chi connectivity index (χ1v) is 6.35. The molecular weight excluding hydrogens is 300 g/mol. The normalized spacial score (nSPS) is 12.7. The molecule has 0 bridgehead atoms. The van der Waals surface area contributed by atoms with Crippen molar-refractivity contribution in [2.24, 2.45) is 0 Å². The quantitative estimate of drug-likeness (QED) is 0.883. The number of imidazole rings is 1. The maximum Gasteiger partial charge on any atom is 0.358 e. The van der Waals surface area contributed by atoms with E-state index in [1.165, 1.54) is 0 Å². The summed E-state index contributed by atoms with van der Waals surface area (Å²) in [6, 6.07) is 1.78. The molecule has 0 spiro atoms. The minimum absolute atomic E-state index is 0.250. The molecule has 6 heteroatoms. The van der Waals surface area contributed by atoms with E-state index in [2.05, 4.69) is 20.9 Å². The third-order valence-electron chi connectivity index (χ3n) is 2.49. The molecule has 0 radical (unpaired) electrons. The van der Waals surface area contributed by atoms with Crippen LogP contribution in [0, 0.1) is 0 Å². The maximum absolute atomic E-state index is 11.6. The fourth-order valence-corrected chi connectivity index (χ4v) is 2.17. The van der Waals surface area contributed by atoms with E-state index >= 15 is 0 Å². The molecule has 0 saturated carbocycles. The second-order valence-corrected chi connectivity index (χ2v) is 4.73. The summed E-state index contributed by atoms with van der Waals surface area (Å²) in [6.45, 7) is 3.73. The van der Waals surface area contributed by atoms with Crippen LogP contribution in [0.2, 0.25) is 0 Å². The van der Waals surface area contributed by atoms with Gasteiger partial charge in [0.1, 0.15) is 0 Å². The number of nitrogens with zero attached hydrogens (tertiary/aromatic N) is 2. The van der Waals surface area contributed by atoms with Crippen molar-refractivity contribution in [3.05, 3.63) is 34.2 Å². The zero-order valence-electron chi connectivity index (χ0n) is 10.1. The number of rotatable bonds is 3. The fourth-order valence-electron chi connectivity index (χ4n) is 1.61. The highest BCUT2D eigenvalue weighted by atomic mass is 79.9. The zero-order valence-corrected chi connectivity index (χ0v) is 11.6. The highest BCUT2D eigenvalue weighted by molar-refractivity contribution is 9.10. The Bertz CT molecular complexity index is 592. The summed E-state index contributed by atoms with van der Waals surface area (Å²) < 4.78 is 7.31. The molecule has 2 aromatic rings. The van der Waals surface area contributed by atoms with Crippen LogP contribution in [0.4, 0.5) is 0 Å². The Kier molecular flexibility index (Phi) is 3.68. The maximum atomic E-state index is 11.6. The van der Waals surface area contributed by atoms with E-state index in [0.29, 0.717) is 12.3 Å². The van der Waals surface area contributed by atoms with Crippen LogP contribution >= 0.6 is 15.9 Å². The second kappa shape index (κ2) is 5.07. The molecule has 0 aliphatic carbocycles. The van der Waals surface area contributed by atoms with Crippen molar-refractivity contribution < 1.29 is 14.6 Å². The number of carbonyl (C=O) groups is 1. The van der Waals surface area contributed by atoms with Crippen LogP contribution < -0.4 is 0 Å². The van der Waals surface area contributed by atoms with Crippen molar-refractivity contribution in [1.29, 1.82) is 0 Å². The van der Waals surface area contributed by atoms with Crippen LogP contribution in [0.1, 0.15) is 36.0 Å². The molecule has 1 unspecified atom stereocenters. The lowest BCUT2D eigenvalue weighted by molar-refractivity contribution is 0.0520. The molecule has 2 rings (SSSR count). The highest BCUT2D eigenvalue weighted by Gasteiger charge is 2.14. The molecule has 2 aromatic heterocycles. The number of aliphatic hydroxyl groups excluding tert-OH is 1. The molecule has 0 aliphatic rings. The highest BCUT2D eigenvalue weighted by Crippen LogP contribution is 2.23. The monoisotopic (exact) mass is 312 g/mol. The van der Waals surface area contributed by atoms with Crippen LogP contribution in [0.3, 0.4) is 0 Å². The number of carbonyl (C=O) groups excluding carboxylic acids is 1. The molecule has 1 atom stereocenters. The van der Waals surface area contributed by atoms with Crippen molar-refractivity contribution in [3.8, 4) is 0 Å². The zero-order chi connectivity index (χ0) is 13.3. The van der Waals surface area contributed by atoms with Gasteiger partial charge >= 0.3 is 5.97 Å². The van der Waals surface area contributed by atoms with E-state index in [1.54, 1.807) is 36.7 Å². The van der Waals surface area contributed by atoms with Gasteiger partial charge < -0.3 is 14.2 Å². The molecule has 5 nitrogen and oxygen atoms in total. The number of hydrogen-bond acceptors (Lipinski definition) is 4. The molecule has 96 valence electrons. The Balaban J connectivity index is 2.50. The van der Waals surface area contributed by atoms with Crippen LogP contribution in [0.15, 0.2) is 22.9 Å². The van der Waals surface area contributed by atoms with Gasteiger partial charge in [-0.1, -0.05) is 0 Å². The van der Waals surface area contributed by atoms with Gasteiger partial charge in [0.2, 0.25) is 0 Å². The lowest BCUT2D eigenvalue weighted by Crippen LogP contribution is -2.04.